The number of nitro groups is 1. The lowest BCUT2D eigenvalue weighted by Gasteiger charge is -2.09. The molecule has 104 valence electrons. The predicted octanol–water partition coefficient (Wildman–Crippen LogP) is 1.71. The summed E-state index contributed by atoms with van der Waals surface area (Å²) in [5.41, 5.74) is 0.156. The first-order valence-corrected chi connectivity index (χ1v) is 5.71. The van der Waals surface area contributed by atoms with Gasteiger partial charge in [-0.15, -0.1) is 0 Å². The number of hydrogen-bond donors (Lipinski definition) is 2. The Morgan fingerprint density at radius 1 is 1.45 bits per heavy atom. The molecule has 0 radical (unpaired) electrons. The summed E-state index contributed by atoms with van der Waals surface area (Å²) in [6.45, 7) is -0.242. The van der Waals surface area contributed by atoms with Crippen LogP contribution in [0.1, 0.15) is 5.56 Å². The molecular formula is C12H12N4O4. The van der Waals surface area contributed by atoms with Gasteiger partial charge in [0.05, 0.1) is 11.5 Å². The van der Waals surface area contributed by atoms with Crippen molar-refractivity contribution in [1.82, 2.24) is 9.97 Å². The molecule has 1 aromatic heterocycles. The van der Waals surface area contributed by atoms with Crippen LogP contribution in [0.5, 0.6) is 11.6 Å². The quantitative estimate of drug-likeness (QED) is 0.631. The molecule has 0 bridgehead atoms. The van der Waals surface area contributed by atoms with Crippen molar-refractivity contribution in [3.05, 3.63) is 46.1 Å². The Hall–Kier alpha value is -2.74. The zero-order valence-corrected chi connectivity index (χ0v) is 10.6. The second-order valence-corrected chi connectivity index (χ2v) is 3.76. The first kappa shape index (κ1) is 13.7. The fourth-order valence-electron chi connectivity index (χ4n) is 1.52. The van der Waals surface area contributed by atoms with Crippen molar-refractivity contribution in [2.24, 2.45) is 0 Å². The van der Waals surface area contributed by atoms with Gasteiger partial charge in [0.1, 0.15) is 11.9 Å². The largest absolute Gasteiger partial charge is 0.433 e. The van der Waals surface area contributed by atoms with Gasteiger partial charge in [-0.3, -0.25) is 10.1 Å². The summed E-state index contributed by atoms with van der Waals surface area (Å²) in [6.07, 6.45) is 1.07. The molecule has 1 heterocycles. The lowest BCUT2D eigenvalue weighted by Crippen LogP contribution is -2.02. The van der Waals surface area contributed by atoms with E-state index in [1.165, 1.54) is 0 Å². The molecule has 8 heteroatoms. The van der Waals surface area contributed by atoms with Gasteiger partial charge in [0.15, 0.2) is 0 Å². The maximum absolute atomic E-state index is 10.9. The first-order chi connectivity index (χ1) is 9.65. The predicted molar refractivity (Wildman–Crippen MR) is 70.7 cm³/mol. The van der Waals surface area contributed by atoms with Crippen molar-refractivity contribution in [3.8, 4) is 11.6 Å². The van der Waals surface area contributed by atoms with Gasteiger partial charge in [-0.25, -0.2) is 4.98 Å². The molecule has 20 heavy (non-hydrogen) atoms. The highest BCUT2D eigenvalue weighted by atomic mass is 16.6. The van der Waals surface area contributed by atoms with E-state index in [4.69, 9.17) is 4.74 Å². The molecule has 0 unspecified atom stereocenters. The van der Waals surface area contributed by atoms with Crippen molar-refractivity contribution in [2.75, 3.05) is 12.4 Å². The zero-order valence-electron chi connectivity index (χ0n) is 10.6. The minimum Gasteiger partial charge on any atom is -0.433 e. The van der Waals surface area contributed by atoms with Gasteiger partial charge in [0.2, 0.25) is 5.95 Å². The second-order valence-electron chi connectivity index (χ2n) is 3.76. The number of nitrogens with one attached hydrogen (secondary N) is 1. The van der Waals surface area contributed by atoms with Gasteiger partial charge in [-0.05, 0) is 6.07 Å². The minimum absolute atomic E-state index is 0.185. The highest BCUT2D eigenvalue weighted by molar-refractivity contribution is 5.46. The Morgan fingerprint density at radius 3 is 2.85 bits per heavy atom. The molecule has 0 fully saturated rings. The van der Waals surface area contributed by atoms with Gasteiger partial charge in [-0.1, -0.05) is 18.2 Å². The molecule has 0 spiro atoms. The molecule has 0 saturated carbocycles. The summed E-state index contributed by atoms with van der Waals surface area (Å²) in [7, 11) is 1.59. The van der Waals surface area contributed by atoms with Crippen LogP contribution in [0, 0.1) is 10.1 Å². The number of benzene rings is 1. The third kappa shape index (κ3) is 2.81. The van der Waals surface area contributed by atoms with Crippen LogP contribution < -0.4 is 10.1 Å². The van der Waals surface area contributed by atoms with Crippen molar-refractivity contribution in [3.63, 3.8) is 0 Å². The molecule has 0 atom stereocenters. The van der Waals surface area contributed by atoms with Crippen LogP contribution in [0.25, 0.3) is 0 Å². The summed E-state index contributed by atoms with van der Waals surface area (Å²) in [4.78, 5) is 18.0. The number of aromatic nitrogens is 2. The number of rotatable bonds is 5. The highest BCUT2D eigenvalue weighted by Crippen LogP contribution is 2.31. The van der Waals surface area contributed by atoms with Crippen molar-refractivity contribution >= 4 is 11.6 Å². The number of aliphatic hydroxyl groups is 1. The minimum atomic E-state index is -0.629. The molecule has 0 amide bonds. The van der Waals surface area contributed by atoms with Gasteiger partial charge in [-0.2, -0.15) is 4.98 Å². The van der Waals surface area contributed by atoms with Crippen LogP contribution >= 0.6 is 0 Å². The Labute approximate surface area is 114 Å². The molecule has 2 rings (SSSR count). The van der Waals surface area contributed by atoms with E-state index in [1.807, 2.05) is 0 Å². The van der Waals surface area contributed by atoms with E-state index in [-0.39, 0.29) is 24.1 Å². The van der Waals surface area contributed by atoms with E-state index >= 15 is 0 Å². The van der Waals surface area contributed by atoms with Gasteiger partial charge in [0.25, 0.3) is 0 Å². The van der Waals surface area contributed by atoms with Crippen LogP contribution in [-0.2, 0) is 6.61 Å². The third-order valence-corrected chi connectivity index (χ3v) is 2.51. The number of hydrogen-bond acceptors (Lipinski definition) is 7. The molecule has 0 aliphatic carbocycles. The first-order valence-electron chi connectivity index (χ1n) is 5.71. The average molecular weight is 276 g/mol. The summed E-state index contributed by atoms with van der Waals surface area (Å²) in [5.74, 6) is 0.321. The molecule has 0 aliphatic heterocycles. The topological polar surface area (TPSA) is 110 Å². The van der Waals surface area contributed by atoms with E-state index in [9.17, 15) is 15.2 Å². The SMILES string of the molecule is CNc1ncc([N+](=O)[O-])c(Oc2ccccc2CO)n1. The summed E-state index contributed by atoms with van der Waals surface area (Å²) >= 11 is 0. The molecule has 8 nitrogen and oxygen atoms in total. The van der Waals surface area contributed by atoms with Crippen LogP contribution in [-0.4, -0.2) is 27.0 Å². The number of nitrogens with zero attached hydrogens (tertiary/aromatic N) is 3. The van der Waals surface area contributed by atoms with E-state index in [2.05, 4.69) is 15.3 Å². The maximum Gasteiger partial charge on any atom is 0.349 e. The number of para-hydroxylation sites is 1. The van der Waals surface area contributed by atoms with Crippen LogP contribution in [0.4, 0.5) is 11.6 Å². The van der Waals surface area contributed by atoms with Crippen LogP contribution in [0.15, 0.2) is 30.5 Å². The lowest BCUT2D eigenvalue weighted by atomic mass is 10.2. The number of aliphatic hydroxyl groups excluding tert-OH is 1. The van der Waals surface area contributed by atoms with Crippen molar-refractivity contribution < 1.29 is 14.8 Å². The van der Waals surface area contributed by atoms with Crippen LogP contribution in [0.3, 0.4) is 0 Å². The summed E-state index contributed by atoms with van der Waals surface area (Å²) < 4.78 is 5.44. The Balaban J connectivity index is 2.43. The van der Waals surface area contributed by atoms with Gasteiger partial charge in [0, 0.05) is 12.6 Å². The third-order valence-electron chi connectivity index (χ3n) is 2.51. The van der Waals surface area contributed by atoms with E-state index in [0.29, 0.717) is 11.3 Å². The fourth-order valence-corrected chi connectivity index (χ4v) is 1.52. The lowest BCUT2D eigenvalue weighted by molar-refractivity contribution is -0.386. The van der Waals surface area contributed by atoms with Crippen molar-refractivity contribution in [1.29, 1.82) is 0 Å². The summed E-state index contributed by atoms with van der Waals surface area (Å²) in [5, 5.41) is 22.8. The maximum atomic E-state index is 10.9. The number of ether oxygens (including phenoxy) is 1. The zero-order chi connectivity index (χ0) is 14.5. The van der Waals surface area contributed by atoms with Gasteiger partial charge >= 0.3 is 11.6 Å². The van der Waals surface area contributed by atoms with Crippen molar-refractivity contribution in [2.45, 2.75) is 6.61 Å². The molecule has 0 saturated heterocycles. The van der Waals surface area contributed by atoms with Crippen LogP contribution in [0.2, 0.25) is 0 Å². The molecule has 0 aliphatic rings. The number of anilines is 1. The smallest absolute Gasteiger partial charge is 0.349 e. The van der Waals surface area contributed by atoms with E-state index in [1.54, 1.807) is 31.3 Å². The standard InChI is InChI=1S/C12H12N4O4/c1-13-12-14-6-9(16(18)19)11(15-12)20-10-5-3-2-4-8(10)7-17/h2-6,17H,7H2,1H3,(H,13,14,15). The molecule has 2 aromatic rings. The Kier molecular flexibility index (Phi) is 4.06. The fraction of sp³-hybridized carbons (Fsp3) is 0.167. The second kappa shape index (κ2) is 5.93. The van der Waals surface area contributed by atoms with E-state index < -0.39 is 4.92 Å². The Morgan fingerprint density at radius 2 is 2.20 bits per heavy atom. The monoisotopic (exact) mass is 276 g/mol. The summed E-state index contributed by atoms with van der Waals surface area (Å²) in [6, 6.07) is 6.67. The Bertz CT molecular complexity index is 633. The average Bonchev–Trinajstić information content (AvgIpc) is 2.47. The van der Waals surface area contributed by atoms with E-state index in [0.717, 1.165) is 6.20 Å². The highest BCUT2D eigenvalue weighted by Gasteiger charge is 2.20. The molecular weight excluding hydrogens is 264 g/mol. The van der Waals surface area contributed by atoms with Gasteiger partial charge < -0.3 is 15.2 Å². The molecule has 2 N–H and O–H groups in total. The molecule has 1 aromatic carbocycles. The normalized spacial score (nSPS) is 10.1.